The Labute approximate surface area is 207 Å². The Morgan fingerprint density at radius 1 is 0.794 bits per heavy atom. The van der Waals surface area contributed by atoms with Gasteiger partial charge in [0.1, 0.15) is 6.04 Å². The Kier molecular flexibility index (Phi) is 10.2. The van der Waals surface area contributed by atoms with Crippen LogP contribution in [0.5, 0.6) is 0 Å². The molecule has 0 radical (unpaired) electrons. The van der Waals surface area contributed by atoms with Gasteiger partial charge in [-0.3, -0.25) is 9.59 Å². The summed E-state index contributed by atoms with van der Waals surface area (Å²) < 4.78 is 0. The second-order valence-corrected chi connectivity index (χ2v) is 9.82. The second-order valence-electron chi connectivity index (χ2n) is 8.83. The third-order valence-electron chi connectivity index (χ3n) is 5.49. The molecule has 0 aliphatic heterocycles. The number of nitrogens with one attached hydrogen (secondary N) is 1. The smallest absolute Gasteiger partial charge is 0.243 e. The van der Waals surface area contributed by atoms with E-state index in [4.69, 9.17) is 0 Å². The Morgan fingerprint density at radius 3 is 1.88 bits per heavy atom. The van der Waals surface area contributed by atoms with E-state index in [1.807, 2.05) is 78.9 Å². The highest BCUT2D eigenvalue weighted by molar-refractivity contribution is 7.99. The largest absolute Gasteiger partial charge is 0.354 e. The van der Waals surface area contributed by atoms with Gasteiger partial charge in [-0.05, 0) is 22.6 Å². The molecule has 178 valence electrons. The van der Waals surface area contributed by atoms with Crippen molar-refractivity contribution >= 4 is 23.6 Å². The van der Waals surface area contributed by atoms with Crippen LogP contribution in [-0.2, 0) is 28.3 Å². The number of hydrogen-bond acceptors (Lipinski definition) is 3. The average molecular weight is 475 g/mol. The van der Waals surface area contributed by atoms with Gasteiger partial charge in [-0.2, -0.15) is 0 Å². The lowest BCUT2D eigenvalue weighted by Gasteiger charge is -2.31. The number of rotatable bonds is 12. The van der Waals surface area contributed by atoms with Crippen LogP contribution in [0, 0.1) is 5.92 Å². The van der Waals surface area contributed by atoms with E-state index in [0.717, 1.165) is 16.9 Å². The van der Waals surface area contributed by atoms with Crippen molar-refractivity contribution < 1.29 is 9.59 Å². The third-order valence-corrected chi connectivity index (χ3v) is 6.48. The Hall–Kier alpha value is -3.05. The average Bonchev–Trinajstić information content (AvgIpc) is 2.86. The summed E-state index contributed by atoms with van der Waals surface area (Å²) in [4.78, 5) is 28.7. The Balaban J connectivity index is 1.81. The van der Waals surface area contributed by atoms with Gasteiger partial charge < -0.3 is 10.2 Å². The molecule has 2 amide bonds. The van der Waals surface area contributed by atoms with Crippen LogP contribution in [0.2, 0.25) is 0 Å². The molecule has 3 aromatic rings. The molecule has 1 atom stereocenters. The number of hydrogen-bond donors (Lipinski definition) is 1. The second kappa shape index (κ2) is 13.6. The fourth-order valence-corrected chi connectivity index (χ4v) is 4.54. The molecule has 0 aromatic heterocycles. The van der Waals surface area contributed by atoms with E-state index < -0.39 is 6.04 Å². The van der Waals surface area contributed by atoms with Crippen LogP contribution >= 0.6 is 11.8 Å². The van der Waals surface area contributed by atoms with Gasteiger partial charge in [-0.1, -0.05) is 105 Å². The standard InChI is InChI=1S/C29H34N2O2S/c1-23(2)19-30-29(33)27(18-24-12-6-3-7-13-24)31(20-25-14-8-4-9-15-25)28(32)22-34-21-26-16-10-5-11-17-26/h3-17,23,27H,18-22H2,1-2H3,(H,30,33)/t27-/m0/s1. The normalized spacial score (nSPS) is 11.7. The van der Waals surface area contributed by atoms with Crippen molar-refractivity contribution in [1.29, 1.82) is 0 Å². The predicted molar refractivity (Wildman–Crippen MR) is 141 cm³/mol. The topological polar surface area (TPSA) is 49.4 Å². The predicted octanol–water partition coefficient (Wildman–Crippen LogP) is 5.33. The first-order valence-corrected chi connectivity index (χ1v) is 12.9. The van der Waals surface area contributed by atoms with Crippen LogP contribution in [0.4, 0.5) is 0 Å². The summed E-state index contributed by atoms with van der Waals surface area (Å²) in [6.45, 7) is 5.12. The van der Waals surface area contributed by atoms with Crippen molar-refractivity contribution in [3.8, 4) is 0 Å². The van der Waals surface area contributed by atoms with E-state index in [2.05, 4.69) is 31.3 Å². The van der Waals surface area contributed by atoms with Gasteiger partial charge in [0.2, 0.25) is 11.8 Å². The number of benzene rings is 3. The zero-order valence-electron chi connectivity index (χ0n) is 20.0. The van der Waals surface area contributed by atoms with E-state index in [9.17, 15) is 9.59 Å². The first-order chi connectivity index (χ1) is 16.5. The number of carbonyl (C=O) groups excluding carboxylic acids is 2. The number of nitrogens with zero attached hydrogens (tertiary/aromatic N) is 1. The molecule has 3 aromatic carbocycles. The van der Waals surface area contributed by atoms with E-state index in [1.165, 1.54) is 5.56 Å². The molecule has 4 nitrogen and oxygen atoms in total. The maximum Gasteiger partial charge on any atom is 0.243 e. The van der Waals surface area contributed by atoms with Gasteiger partial charge in [0.05, 0.1) is 5.75 Å². The molecule has 0 bridgehead atoms. The molecule has 0 saturated carbocycles. The minimum absolute atomic E-state index is 0.0228. The molecule has 0 aliphatic carbocycles. The summed E-state index contributed by atoms with van der Waals surface area (Å²) >= 11 is 1.58. The van der Waals surface area contributed by atoms with E-state index in [1.54, 1.807) is 16.7 Å². The van der Waals surface area contributed by atoms with Gasteiger partial charge >= 0.3 is 0 Å². The Bertz CT molecular complexity index is 1010. The fourth-order valence-electron chi connectivity index (χ4n) is 3.67. The summed E-state index contributed by atoms with van der Waals surface area (Å²) in [6, 6.07) is 29.4. The lowest BCUT2D eigenvalue weighted by molar-refractivity contribution is -0.139. The maximum absolute atomic E-state index is 13.5. The van der Waals surface area contributed by atoms with Crippen molar-refractivity contribution in [2.45, 2.75) is 38.6 Å². The van der Waals surface area contributed by atoms with Crippen LogP contribution in [-0.4, -0.2) is 35.1 Å². The summed E-state index contributed by atoms with van der Waals surface area (Å²) in [5.74, 6) is 1.29. The molecule has 34 heavy (non-hydrogen) atoms. The van der Waals surface area contributed by atoms with Crippen LogP contribution in [0.25, 0.3) is 0 Å². The molecule has 0 heterocycles. The molecule has 0 unspecified atom stereocenters. The number of thioether (sulfide) groups is 1. The highest BCUT2D eigenvalue weighted by Crippen LogP contribution is 2.18. The monoisotopic (exact) mass is 474 g/mol. The van der Waals surface area contributed by atoms with Gasteiger partial charge in [0.15, 0.2) is 0 Å². The van der Waals surface area contributed by atoms with Gasteiger partial charge in [-0.15, -0.1) is 11.8 Å². The van der Waals surface area contributed by atoms with Crippen LogP contribution in [0.3, 0.4) is 0 Å². The highest BCUT2D eigenvalue weighted by atomic mass is 32.2. The summed E-state index contributed by atoms with van der Waals surface area (Å²) in [5.41, 5.74) is 3.24. The molecule has 3 rings (SSSR count). The van der Waals surface area contributed by atoms with Crippen LogP contribution in [0.1, 0.15) is 30.5 Å². The van der Waals surface area contributed by atoms with Crippen LogP contribution < -0.4 is 5.32 Å². The molecular formula is C29H34N2O2S. The zero-order valence-corrected chi connectivity index (χ0v) is 20.8. The van der Waals surface area contributed by atoms with E-state index >= 15 is 0 Å². The minimum Gasteiger partial charge on any atom is -0.354 e. The van der Waals surface area contributed by atoms with Crippen molar-refractivity contribution in [2.24, 2.45) is 5.92 Å². The summed E-state index contributed by atoms with van der Waals surface area (Å²) in [7, 11) is 0. The third kappa shape index (κ3) is 8.38. The quantitative estimate of drug-likeness (QED) is 0.386. The van der Waals surface area contributed by atoms with Crippen molar-refractivity contribution in [3.05, 3.63) is 108 Å². The molecule has 0 fully saturated rings. The van der Waals surface area contributed by atoms with Crippen LogP contribution in [0.15, 0.2) is 91.0 Å². The number of carbonyl (C=O) groups is 2. The Morgan fingerprint density at radius 2 is 1.32 bits per heavy atom. The SMILES string of the molecule is CC(C)CNC(=O)[C@H](Cc1ccccc1)N(Cc1ccccc1)C(=O)CSCc1ccccc1. The molecule has 0 saturated heterocycles. The van der Waals surface area contributed by atoms with E-state index in [-0.39, 0.29) is 11.8 Å². The minimum atomic E-state index is -0.578. The first kappa shape index (κ1) is 25.6. The molecule has 1 N–H and O–H groups in total. The maximum atomic E-state index is 13.5. The zero-order chi connectivity index (χ0) is 24.2. The molecule has 0 spiro atoms. The lowest BCUT2D eigenvalue weighted by Crippen LogP contribution is -2.51. The summed E-state index contributed by atoms with van der Waals surface area (Å²) in [5, 5.41) is 3.07. The van der Waals surface area contributed by atoms with Gasteiger partial charge in [0, 0.05) is 25.3 Å². The fraction of sp³-hybridized carbons (Fsp3) is 0.310. The molecule has 0 aliphatic rings. The van der Waals surface area contributed by atoms with Crippen molar-refractivity contribution in [1.82, 2.24) is 10.2 Å². The lowest BCUT2D eigenvalue weighted by atomic mass is 10.0. The highest BCUT2D eigenvalue weighted by Gasteiger charge is 2.30. The van der Waals surface area contributed by atoms with Gasteiger partial charge in [0.25, 0.3) is 0 Å². The molecule has 5 heteroatoms. The number of amides is 2. The van der Waals surface area contributed by atoms with Crippen molar-refractivity contribution in [3.63, 3.8) is 0 Å². The van der Waals surface area contributed by atoms with E-state index in [0.29, 0.717) is 31.2 Å². The molecular weight excluding hydrogens is 440 g/mol. The van der Waals surface area contributed by atoms with Crippen molar-refractivity contribution in [2.75, 3.05) is 12.3 Å². The first-order valence-electron chi connectivity index (χ1n) is 11.8. The van der Waals surface area contributed by atoms with Gasteiger partial charge in [-0.25, -0.2) is 0 Å². The summed E-state index contributed by atoms with van der Waals surface area (Å²) in [6.07, 6.45) is 0.479.